The van der Waals surface area contributed by atoms with Gasteiger partial charge in [-0.15, -0.1) is 0 Å². The summed E-state index contributed by atoms with van der Waals surface area (Å²) in [6.07, 6.45) is 20.9. The van der Waals surface area contributed by atoms with Gasteiger partial charge in [-0.3, -0.25) is 0 Å². The van der Waals surface area contributed by atoms with Gasteiger partial charge in [0, 0.05) is 0 Å². The van der Waals surface area contributed by atoms with Crippen LogP contribution in [-0.2, 0) is 0 Å². The summed E-state index contributed by atoms with van der Waals surface area (Å²) in [5.41, 5.74) is 0. The number of hydrogen-bond donors (Lipinski definition) is 0. The molecule has 1 radical (unpaired) electrons. The highest BCUT2D eigenvalue weighted by Gasteiger charge is 1.90. The molecule has 0 aliphatic carbocycles. The topological polar surface area (TPSA) is 0 Å². The van der Waals surface area contributed by atoms with Crippen LogP contribution in [0.1, 0.15) is 84.0 Å². The van der Waals surface area contributed by atoms with Crippen LogP contribution in [0, 0.1) is 6.92 Å². The summed E-state index contributed by atoms with van der Waals surface area (Å²) in [6.45, 7) is 6.12. The van der Waals surface area contributed by atoms with Gasteiger partial charge in [-0.2, -0.15) is 0 Å². The van der Waals surface area contributed by atoms with E-state index in [2.05, 4.69) is 26.0 Å². The maximum atomic E-state index is 3.84. The molecule has 0 nitrogen and oxygen atoms in total. The summed E-state index contributed by atoms with van der Waals surface area (Å²) >= 11 is 0. The first-order valence-corrected chi connectivity index (χ1v) is 7.36. The third-order valence-corrected chi connectivity index (χ3v) is 3.01. The van der Waals surface area contributed by atoms with Crippen molar-refractivity contribution in [1.29, 1.82) is 0 Å². The molecule has 0 saturated heterocycles. The van der Waals surface area contributed by atoms with Gasteiger partial charge in [-0.05, 0) is 25.7 Å². The first kappa shape index (κ1) is 15.7. The molecule has 16 heavy (non-hydrogen) atoms. The van der Waals surface area contributed by atoms with E-state index in [4.69, 9.17) is 0 Å². The quantitative estimate of drug-likeness (QED) is 0.278. The minimum absolute atomic E-state index is 1.07. The van der Waals surface area contributed by atoms with Crippen molar-refractivity contribution in [2.75, 3.05) is 0 Å². The monoisotopic (exact) mass is 223 g/mol. The standard InChI is InChI=1S/C16H31/c1-3-5-7-9-11-13-15-16-14-12-10-8-6-4-2/h9,11H,1,3-8,10,12-16H2,2H3. The van der Waals surface area contributed by atoms with Crippen molar-refractivity contribution < 1.29 is 0 Å². The van der Waals surface area contributed by atoms with Gasteiger partial charge in [-0.25, -0.2) is 0 Å². The van der Waals surface area contributed by atoms with E-state index in [-0.39, 0.29) is 0 Å². The molecule has 0 aromatic carbocycles. The summed E-state index contributed by atoms with van der Waals surface area (Å²) in [6, 6.07) is 0. The average molecular weight is 223 g/mol. The lowest BCUT2D eigenvalue weighted by Gasteiger charge is -1.99. The highest BCUT2D eigenvalue weighted by atomic mass is 14.0. The molecule has 0 unspecified atom stereocenters. The molecule has 0 aromatic rings. The molecular formula is C16H31. The van der Waals surface area contributed by atoms with Crippen LogP contribution in [0.15, 0.2) is 12.2 Å². The predicted octanol–water partition coefficient (Wildman–Crippen LogP) is 6.08. The van der Waals surface area contributed by atoms with Crippen molar-refractivity contribution in [3.63, 3.8) is 0 Å². The molecule has 0 aliphatic heterocycles. The van der Waals surface area contributed by atoms with Gasteiger partial charge in [0.05, 0.1) is 0 Å². The van der Waals surface area contributed by atoms with Crippen molar-refractivity contribution in [3.05, 3.63) is 19.1 Å². The molecule has 0 bridgehead atoms. The van der Waals surface area contributed by atoms with Crippen LogP contribution in [-0.4, -0.2) is 0 Å². The zero-order chi connectivity index (χ0) is 11.9. The maximum Gasteiger partial charge on any atom is -0.0351 e. The summed E-state index contributed by atoms with van der Waals surface area (Å²) < 4.78 is 0. The first-order chi connectivity index (χ1) is 7.91. The third kappa shape index (κ3) is 13.7. The van der Waals surface area contributed by atoms with Crippen LogP contribution in [0.5, 0.6) is 0 Å². The smallest absolute Gasteiger partial charge is 0.0351 e. The second-order valence-electron chi connectivity index (χ2n) is 4.73. The molecule has 0 spiro atoms. The molecule has 0 atom stereocenters. The van der Waals surface area contributed by atoms with Crippen LogP contribution in [0.25, 0.3) is 0 Å². The van der Waals surface area contributed by atoms with Crippen LogP contribution in [0.2, 0.25) is 0 Å². The number of hydrogen-bond acceptors (Lipinski definition) is 0. The predicted molar refractivity (Wildman–Crippen MR) is 75.6 cm³/mol. The molecule has 0 aromatic heterocycles. The zero-order valence-corrected chi connectivity index (χ0v) is 11.3. The maximum absolute atomic E-state index is 3.84. The van der Waals surface area contributed by atoms with E-state index in [0.29, 0.717) is 0 Å². The summed E-state index contributed by atoms with van der Waals surface area (Å²) in [5.74, 6) is 0. The van der Waals surface area contributed by atoms with Crippen molar-refractivity contribution in [3.8, 4) is 0 Å². The van der Waals surface area contributed by atoms with Gasteiger partial charge in [-0.1, -0.05) is 77.4 Å². The molecule has 0 N–H and O–H groups in total. The normalized spacial score (nSPS) is 11.4. The highest BCUT2D eigenvalue weighted by molar-refractivity contribution is 4.81. The Kier molecular flexibility index (Phi) is 14.5. The third-order valence-electron chi connectivity index (χ3n) is 3.01. The molecular weight excluding hydrogens is 192 g/mol. The summed E-state index contributed by atoms with van der Waals surface area (Å²) in [4.78, 5) is 0. The molecule has 0 saturated carbocycles. The lowest BCUT2D eigenvalue weighted by Crippen LogP contribution is -1.80. The fourth-order valence-electron chi connectivity index (χ4n) is 1.89. The number of allylic oxidation sites excluding steroid dienone is 2. The Morgan fingerprint density at radius 3 is 1.75 bits per heavy atom. The van der Waals surface area contributed by atoms with Crippen molar-refractivity contribution in [2.45, 2.75) is 84.0 Å². The fourth-order valence-corrected chi connectivity index (χ4v) is 1.89. The Hall–Kier alpha value is -0.260. The van der Waals surface area contributed by atoms with Gasteiger partial charge >= 0.3 is 0 Å². The molecule has 0 heterocycles. The van der Waals surface area contributed by atoms with E-state index in [1.54, 1.807) is 0 Å². The minimum atomic E-state index is 1.07. The van der Waals surface area contributed by atoms with Crippen molar-refractivity contribution in [1.82, 2.24) is 0 Å². The Labute approximate surface area is 104 Å². The number of rotatable bonds is 12. The van der Waals surface area contributed by atoms with Crippen LogP contribution >= 0.6 is 0 Å². The highest BCUT2D eigenvalue weighted by Crippen LogP contribution is 2.09. The van der Waals surface area contributed by atoms with E-state index < -0.39 is 0 Å². The average Bonchev–Trinajstić information content (AvgIpc) is 2.31. The summed E-state index contributed by atoms with van der Waals surface area (Å²) in [5, 5.41) is 0. The fraction of sp³-hybridized carbons (Fsp3) is 0.812. The molecule has 0 rings (SSSR count). The molecule has 0 heteroatoms. The van der Waals surface area contributed by atoms with Crippen LogP contribution in [0.4, 0.5) is 0 Å². The second kappa shape index (κ2) is 14.7. The largest absolute Gasteiger partial charge is 0.0885 e. The Balaban J connectivity index is 2.95. The van der Waals surface area contributed by atoms with E-state index in [1.807, 2.05) is 0 Å². The van der Waals surface area contributed by atoms with E-state index >= 15 is 0 Å². The second-order valence-corrected chi connectivity index (χ2v) is 4.73. The van der Waals surface area contributed by atoms with Gasteiger partial charge in [0.2, 0.25) is 0 Å². The van der Waals surface area contributed by atoms with E-state index in [0.717, 1.165) is 6.42 Å². The Bertz CT molecular complexity index is 135. The lowest BCUT2D eigenvalue weighted by atomic mass is 10.1. The zero-order valence-electron chi connectivity index (χ0n) is 11.3. The van der Waals surface area contributed by atoms with Crippen molar-refractivity contribution in [2.24, 2.45) is 0 Å². The van der Waals surface area contributed by atoms with Crippen LogP contribution < -0.4 is 0 Å². The molecule has 0 fully saturated rings. The molecule has 0 amide bonds. The van der Waals surface area contributed by atoms with Crippen LogP contribution in [0.3, 0.4) is 0 Å². The summed E-state index contributed by atoms with van der Waals surface area (Å²) in [7, 11) is 0. The van der Waals surface area contributed by atoms with Gasteiger partial charge < -0.3 is 0 Å². The minimum Gasteiger partial charge on any atom is -0.0885 e. The Morgan fingerprint density at radius 1 is 0.688 bits per heavy atom. The van der Waals surface area contributed by atoms with Gasteiger partial charge in [0.1, 0.15) is 0 Å². The van der Waals surface area contributed by atoms with E-state index in [9.17, 15) is 0 Å². The van der Waals surface area contributed by atoms with Crippen molar-refractivity contribution >= 4 is 0 Å². The van der Waals surface area contributed by atoms with Gasteiger partial charge in [0.15, 0.2) is 0 Å². The first-order valence-electron chi connectivity index (χ1n) is 7.36. The van der Waals surface area contributed by atoms with Gasteiger partial charge in [0.25, 0.3) is 0 Å². The number of unbranched alkanes of at least 4 members (excludes halogenated alkanes) is 10. The lowest BCUT2D eigenvalue weighted by molar-refractivity contribution is 0.577. The Morgan fingerprint density at radius 2 is 1.19 bits per heavy atom. The molecule has 0 aliphatic rings. The SMILES string of the molecule is [CH2]CCCC=CCCCCCCCCCC. The molecule has 95 valence electrons. The van der Waals surface area contributed by atoms with E-state index in [1.165, 1.54) is 70.6 Å².